The van der Waals surface area contributed by atoms with Crippen molar-refractivity contribution in [2.24, 2.45) is 5.41 Å². The number of rotatable bonds is 3. The van der Waals surface area contributed by atoms with Crippen molar-refractivity contribution in [1.82, 2.24) is 0 Å². The molecule has 0 aliphatic carbocycles. The van der Waals surface area contributed by atoms with Gasteiger partial charge in [-0.2, -0.15) is 0 Å². The van der Waals surface area contributed by atoms with Gasteiger partial charge in [-0.15, -0.1) is 0 Å². The molecule has 14 heavy (non-hydrogen) atoms. The highest BCUT2D eigenvalue weighted by molar-refractivity contribution is 9.10. The molecule has 1 aromatic carbocycles. The number of hydrogen-bond acceptors (Lipinski definition) is 1. The van der Waals surface area contributed by atoms with Gasteiger partial charge < -0.3 is 5.11 Å². The summed E-state index contributed by atoms with van der Waals surface area (Å²) in [6.45, 7) is 6.45. The summed E-state index contributed by atoms with van der Waals surface area (Å²) in [5.74, 6) is 0. The third kappa shape index (κ3) is 3.10. The Bertz CT molecular complexity index is 318. The predicted molar refractivity (Wildman–Crippen MR) is 63.4 cm³/mol. The van der Waals surface area contributed by atoms with Gasteiger partial charge in [0.25, 0.3) is 0 Å². The van der Waals surface area contributed by atoms with Gasteiger partial charge in [-0.1, -0.05) is 41.9 Å². The van der Waals surface area contributed by atoms with Crippen molar-refractivity contribution in [2.45, 2.75) is 27.2 Å². The molecule has 0 aromatic heterocycles. The first-order chi connectivity index (χ1) is 6.44. The van der Waals surface area contributed by atoms with E-state index in [1.807, 2.05) is 0 Å². The highest BCUT2D eigenvalue weighted by atomic mass is 79.9. The van der Waals surface area contributed by atoms with E-state index in [1.54, 1.807) is 0 Å². The van der Waals surface area contributed by atoms with Crippen LogP contribution in [0.3, 0.4) is 0 Å². The van der Waals surface area contributed by atoms with E-state index in [4.69, 9.17) is 5.11 Å². The number of aliphatic hydroxyl groups is 1. The third-order valence-electron chi connectivity index (χ3n) is 2.33. The van der Waals surface area contributed by atoms with Crippen LogP contribution in [0.2, 0.25) is 0 Å². The quantitative estimate of drug-likeness (QED) is 0.880. The molecule has 0 fully saturated rings. The second kappa shape index (κ2) is 4.45. The molecule has 0 atom stereocenters. The Morgan fingerprint density at radius 2 is 2.00 bits per heavy atom. The first-order valence-corrected chi connectivity index (χ1v) is 5.60. The van der Waals surface area contributed by atoms with Gasteiger partial charge in [0.1, 0.15) is 0 Å². The maximum Gasteiger partial charge on any atom is 0.0485 e. The lowest BCUT2D eigenvalue weighted by Gasteiger charge is -2.21. The summed E-state index contributed by atoms with van der Waals surface area (Å²) in [7, 11) is 0. The second-order valence-electron chi connectivity index (χ2n) is 4.58. The van der Waals surface area contributed by atoms with Crippen LogP contribution in [-0.2, 0) is 6.42 Å². The van der Waals surface area contributed by atoms with Gasteiger partial charge in [-0.3, -0.25) is 0 Å². The smallest absolute Gasteiger partial charge is 0.0485 e. The molecule has 1 nitrogen and oxygen atoms in total. The van der Waals surface area contributed by atoms with Crippen molar-refractivity contribution in [3.8, 4) is 0 Å². The van der Waals surface area contributed by atoms with Gasteiger partial charge in [0, 0.05) is 11.1 Å². The lowest BCUT2D eigenvalue weighted by atomic mass is 9.86. The van der Waals surface area contributed by atoms with Crippen LogP contribution in [0.4, 0.5) is 0 Å². The van der Waals surface area contributed by atoms with Crippen LogP contribution in [0.25, 0.3) is 0 Å². The van der Waals surface area contributed by atoms with Crippen molar-refractivity contribution in [2.75, 3.05) is 6.61 Å². The zero-order valence-electron chi connectivity index (χ0n) is 8.97. The highest BCUT2D eigenvalue weighted by Gasteiger charge is 2.17. The molecule has 0 heterocycles. The summed E-state index contributed by atoms with van der Waals surface area (Å²) >= 11 is 3.48. The fraction of sp³-hybridized carbons (Fsp3) is 0.500. The number of aliphatic hydroxyl groups excluding tert-OH is 1. The van der Waals surface area contributed by atoms with Crippen LogP contribution in [0.1, 0.15) is 25.0 Å². The summed E-state index contributed by atoms with van der Waals surface area (Å²) in [6.07, 6.45) is 0.914. The van der Waals surface area contributed by atoms with Crippen molar-refractivity contribution < 1.29 is 5.11 Å². The topological polar surface area (TPSA) is 20.2 Å². The average Bonchev–Trinajstić information content (AvgIpc) is 2.11. The Hall–Kier alpha value is -0.340. The Morgan fingerprint density at radius 3 is 2.50 bits per heavy atom. The van der Waals surface area contributed by atoms with E-state index in [9.17, 15) is 0 Å². The molecule has 0 aliphatic heterocycles. The zero-order valence-corrected chi connectivity index (χ0v) is 10.6. The summed E-state index contributed by atoms with van der Waals surface area (Å²) in [5.41, 5.74) is 2.50. The Balaban J connectivity index is 2.83. The van der Waals surface area contributed by atoms with E-state index >= 15 is 0 Å². The molecule has 1 N–H and O–H groups in total. The SMILES string of the molecule is Cc1cc(CC(C)(C)CO)ccc1Br. The molecule has 0 saturated heterocycles. The Labute approximate surface area is 94.3 Å². The van der Waals surface area contributed by atoms with Gasteiger partial charge in [-0.05, 0) is 36.0 Å². The molecule has 0 saturated carbocycles. The lowest BCUT2D eigenvalue weighted by Crippen LogP contribution is -2.19. The molecule has 0 bridgehead atoms. The molecule has 0 aliphatic rings. The van der Waals surface area contributed by atoms with Crippen LogP contribution in [0.5, 0.6) is 0 Å². The fourth-order valence-electron chi connectivity index (χ4n) is 1.43. The number of aryl methyl sites for hydroxylation is 1. The first kappa shape index (κ1) is 11.7. The van der Waals surface area contributed by atoms with E-state index in [0.29, 0.717) is 0 Å². The van der Waals surface area contributed by atoms with Crippen LogP contribution in [-0.4, -0.2) is 11.7 Å². The van der Waals surface area contributed by atoms with E-state index in [1.165, 1.54) is 11.1 Å². The van der Waals surface area contributed by atoms with E-state index in [-0.39, 0.29) is 12.0 Å². The van der Waals surface area contributed by atoms with Crippen molar-refractivity contribution in [1.29, 1.82) is 0 Å². The molecule has 0 spiro atoms. The molecule has 1 rings (SSSR count). The summed E-state index contributed by atoms with van der Waals surface area (Å²) in [4.78, 5) is 0. The van der Waals surface area contributed by atoms with E-state index in [0.717, 1.165) is 10.9 Å². The standard InChI is InChI=1S/C12H17BrO/c1-9-6-10(4-5-11(9)13)7-12(2,3)8-14/h4-6,14H,7-8H2,1-3H3. The summed E-state index contributed by atoms with van der Waals surface area (Å²) in [6, 6.07) is 6.34. The minimum Gasteiger partial charge on any atom is -0.396 e. The molecule has 1 aromatic rings. The van der Waals surface area contributed by atoms with Crippen LogP contribution in [0.15, 0.2) is 22.7 Å². The second-order valence-corrected chi connectivity index (χ2v) is 5.44. The first-order valence-electron chi connectivity index (χ1n) is 4.80. The zero-order chi connectivity index (χ0) is 10.8. The van der Waals surface area contributed by atoms with Gasteiger partial charge in [-0.25, -0.2) is 0 Å². The average molecular weight is 257 g/mol. The molecular formula is C12H17BrO. The minimum atomic E-state index is -0.0275. The van der Waals surface area contributed by atoms with E-state index < -0.39 is 0 Å². The Kier molecular flexibility index (Phi) is 3.73. The van der Waals surface area contributed by atoms with Crippen LogP contribution < -0.4 is 0 Å². The number of benzene rings is 1. The lowest BCUT2D eigenvalue weighted by molar-refractivity contribution is 0.159. The third-order valence-corrected chi connectivity index (χ3v) is 3.22. The monoisotopic (exact) mass is 256 g/mol. The molecular weight excluding hydrogens is 240 g/mol. The van der Waals surface area contributed by atoms with Gasteiger partial charge in [0.2, 0.25) is 0 Å². The normalized spacial score (nSPS) is 11.8. The van der Waals surface area contributed by atoms with Crippen molar-refractivity contribution in [3.63, 3.8) is 0 Å². The van der Waals surface area contributed by atoms with Gasteiger partial charge in [0.15, 0.2) is 0 Å². The van der Waals surface area contributed by atoms with Gasteiger partial charge >= 0.3 is 0 Å². The van der Waals surface area contributed by atoms with Crippen molar-refractivity contribution in [3.05, 3.63) is 33.8 Å². The largest absolute Gasteiger partial charge is 0.396 e. The number of hydrogen-bond donors (Lipinski definition) is 1. The van der Waals surface area contributed by atoms with E-state index in [2.05, 4.69) is 54.9 Å². The number of halogens is 1. The van der Waals surface area contributed by atoms with Crippen LogP contribution in [0, 0.1) is 12.3 Å². The summed E-state index contributed by atoms with van der Waals surface area (Å²) < 4.78 is 1.14. The highest BCUT2D eigenvalue weighted by Crippen LogP contribution is 2.24. The molecule has 78 valence electrons. The van der Waals surface area contributed by atoms with Gasteiger partial charge in [0.05, 0.1) is 0 Å². The maximum atomic E-state index is 9.17. The maximum absolute atomic E-state index is 9.17. The summed E-state index contributed by atoms with van der Waals surface area (Å²) in [5, 5.41) is 9.17. The molecule has 2 heteroatoms. The molecule has 0 radical (unpaired) electrons. The van der Waals surface area contributed by atoms with Crippen molar-refractivity contribution >= 4 is 15.9 Å². The fourth-order valence-corrected chi connectivity index (χ4v) is 1.67. The molecule has 0 amide bonds. The Morgan fingerprint density at radius 1 is 1.36 bits per heavy atom. The van der Waals surface area contributed by atoms with Crippen LogP contribution >= 0.6 is 15.9 Å². The predicted octanol–water partition coefficient (Wildman–Crippen LogP) is 3.32. The minimum absolute atomic E-state index is 0.0275. The molecule has 0 unspecified atom stereocenters.